The molecule has 1 aliphatic heterocycles. The first-order chi connectivity index (χ1) is 14.5. The Bertz CT molecular complexity index is 1160. The Hall–Kier alpha value is -3.64. The van der Waals surface area contributed by atoms with Gasteiger partial charge in [-0.05, 0) is 42.0 Å². The number of ketones is 1. The maximum absolute atomic E-state index is 13.0. The molecule has 0 saturated carbocycles. The summed E-state index contributed by atoms with van der Waals surface area (Å²) >= 11 is 6.12. The minimum Gasteiger partial charge on any atom is -0.507 e. The molecule has 1 atom stereocenters. The number of carbonyl (C=O) groups excluding carboxylic acids is 2. The largest absolute Gasteiger partial charge is 0.507 e. The van der Waals surface area contributed by atoms with Gasteiger partial charge in [0.2, 0.25) is 0 Å². The second-order valence-electron chi connectivity index (χ2n) is 6.67. The summed E-state index contributed by atoms with van der Waals surface area (Å²) in [7, 11) is 1.51. The van der Waals surface area contributed by atoms with Crippen LogP contribution in [0.25, 0.3) is 5.76 Å². The van der Waals surface area contributed by atoms with Crippen LogP contribution in [0.5, 0.6) is 5.75 Å². The predicted molar refractivity (Wildman–Crippen MR) is 113 cm³/mol. The Balaban J connectivity index is 1.94. The van der Waals surface area contributed by atoms with E-state index in [1.165, 1.54) is 12.0 Å². The number of ether oxygens (including phenoxy) is 1. The highest BCUT2D eigenvalue weighted by Gasteiger charge is 2.47. The van der Waals surface area contributed by atoms with E-state index in [0.29, 0.717) is 27.6 Å². The van der Waals surface area contributed by atoms with Gasteiger partial charge in [-0.15, -0.1) is 0 Å². The van der Waals surface area contributed by atoms with Gasteiger partial charge in [0.1, 0.15) is 11.5 Å². The molecular formula is C23H17ClN2O4. The van der Waals surface area contributed by atoms with Gasteiger partial charge in [-0.2, -0.15) is 0 Å². The van der Waals surface area contributed by atoms with E-state index in [9.17, 15) is 14.7 Å². The monoisotopic (exact) mass is 420 g/mol. The maximum atomic E-state index is 13.0. The van der Waals surface area contributed by atoms with Gasteiger partial charge < -0.3 is 9.84 Å². The molecule has 0 aliphatic carbocycles. The van der Waals surface area contributed by atoms with E-state index in [0.717, 1.165) is 0 Å². The van der Waals surface area contributed by atoms with Crippen molar-refractivity contribution in [1.82, 2.24) is 4.98 Å². The van der Waals surface area contributed by atoms with Crippen LogP contribution in [0, 0.1) is 0 Å². The number of benzene rings is 2. The molecule has 1 aromatic heterocycles. The first-order valence-corrected chi connectivity index (χ1v) is 9.50. The lowest BCUT2D eigenvalue weighted by Gasteiger charge is -2.25. The molecule has 2 aromatic carbocycles. The van der Waals surface area contributed by atoms with E-state index >= 15 is 0 Å². The van der Waals surface area contributed by atoms with Gasteiger partial charge in [-0.1, -0.05) is 35.9 Å². The highest BCUT2D eigenvalue weighted by molar-refractivity contribution is 6.51. The molecule has 1 saturated heterocycles. The molecule has 30 heavy (non-hydrogen) atoms. The number of aliphatic hydroxyl groups excluding tert-OH is 1. The number of amides is 1. The summed E-state index contributed by atoms with van der Waals surface area (Å²) in [4.78, 5) is 31.5. The molecule has 0 spiro atoms. The summed E-state index contributed by atoms with van der Waals surface area (Å²) in [6.07, 6.45) is 3.16. The van der Waals surface area contributed by atoms with Crippen LogP contribution in [0.4, 0.5) is 5.69 Å². The van der Waals surface area contributed by atoms with Crippen LogP contribution >= 0.6 is 11.6 Å². The van der Waals surface area contributed by atoms with E-state index in [-0.39, 0.29) is 11.3 Å². The number of methoxy groups -OCH3 is 1. The highest BCUT2D eigenvalue weighted by atomic mass is 35.5. The van der Waals surface area contributed by atoms with Crippen LogP contribution in [0.15, 0.2) is 78.6 Å². The number of hydrogen-bond acceptors (Lipinski definition) is 5. The summed E-state index contributed by atoms with van der Waals surface area (Å²) in [5.41, 5.74) is 1.37. The van der Waals surface area contributed by atoms with Crippen molar-refractivity contribution in [1.29, 1.82) is 0 Å². The topological polar surface area (TPSA) is 79.7 Å². The van der Waals surface area contributed by atoms with Crippen LogP contribution in [0.1, 0.15) is 17.2 Å². The molecule has 1 amide bonds. The second kappa shape index (κ2) is 8.00. The highest BCUT2D eigenvalue weighted by Crippen LogP contribution is 2.42. The number of nitrogens with zero attached hydrogens (tertiary/aromatic N) is 2. The Morgan fingerprint density at radius 1 is 1.10 bits per heavy atom. The SMILES string of the molecule is COc1cccc(/C(O)=C2\C(=O)C(=O)N(c3cccc(Cl)c3)C2c2cccnc2)c1. The number of carbonyl (C=O) groups is 2. The van der Waals surface area contributed by atoms with Crippen molar-refractivity contribution in [3.63, 3.8) is 0 Å². The van der Waals surface area contributed by atoms with E-state index < -0.39 is 17.7 Å². The second-order valence-corrected chi connectivity index (χ2v) is 7.10. The molecule has 1 aliphatic rings. The third kappa shape index (κ3) is 3.42. The zero-order valence-corrected chi connectivity index (χ0v) is 16.7. The van der Waals surface area contributed by atoms with Crippen molar-refractivity contribution in [3.8, 4) is 5.75 Å². The van der Waals surface area contributed by atoms with Gasteiger partial charge in [0.25, 0.3) is 11.7 Å². The molecule has 6 nitrogen and oxygen atoms in total. The third-order valence-corrected chi connectivity index (χ3v) is 5.11. The molecule has 1 N–H and O–H groups in total. The fraction of sp³-hybridized carbons (Fsp3) is 0.0870. The van der Waals surface area contributed by atoms with Gasteiger partial charge in [-0.3, -0.25) is 19.5 Å². The normalized spacial score (nSPS) is 17.9. The number of aliphatic hydroxyl groups is 1. The van der Waals surface area contributed by atoms with Crippen LogP contribution in [0.2, 0.25) is 5.02 Å². The van der Waals surface area contributed by atoms with Gasteiger partial charge in [0.05, 0.1) is 18.7 Å². The van der Waals surface area contributed by atoms with E-state index in [4.69, 9.17) is 16.3 Å². The summed E-state index contributed by atoms with van der Waals surface area (Å²) in [6.45, 7) is 0. The first kappa shape index (κ1) is 19.7. The van der Waals surface area contributed by atoms with E-state index in [2.05, 4.69) is 4.98 Å². The zero-order chi connectivity index (χ0) is 21.3. The number of hydrogen-bond donors (Lipinski definition) is 1. The smallest absolute Gasteiger partial charge is 0.300 e. The van der Waals surface area contributed by atoms with Crippen molar-refractivity contribution < 1.29 is 19.4 Å². The lowest BCUT2D eigenvalue weighted by molar-refractivity contribution is -0.132. The fourth-order valence-corrected chi connectivity index (χ4v) is 3.69. The van der Waals surface area contributed by atoms with Gasteiger partial charge >= 0.3 is 0 Å². The lowest BCUT2D eigenvalue weighted by atomic mass is 9.96. The molecule has 1 unspecified atom stereocenters. The first-order valence-electron chi connectivity index (χ1n) is 9.12. The number of pyridine rings is 1. The van der Waals surface area contributed by atoms with E-state index in [1.807, 2.05) is 0 Å². The van der Waals surface area contributed by atoms with Gasteiger partial charge in [0.15, 0.2) is 0 Å². The van der Waals surface area contributed by atoms with Crippen molar-refractivity contribution in [2.24, 2.45) is 0 Å². The van der Waals surface area contributed by atoms with E-state index in [1.54, 1.807) is 73.1 Å². The lowest BCUT2D eigenvalue weighted by Crippen LogP contribution is -2.29. The Kier molecular flexibility index (Phi) is 5.25. The molecule has 2 heterocycles. The van der Waals surface area contributed by atoms with Crippen molar-refractivity contribution in [2.75, 3.05) is 12.0 Å². The zero-order valence-electron chi connectivity index (χ0n) is 15.9. The molecule has 7 heteroatoms. The number of rotatable bonds is 4. The van der Waals surface area contributed by atoms with Gasteiger partial charge in [0, 0.05) is 28.7 Å². The molecule has 150 valence electrons. The molecule has 1 fully saturated rings. The van der Waals surface area contributed by atoms with Crippen molar-refractivity contribution >= 4 is 34.7 Å². The number of anilines is 1. The molecular weight excluding hydrogens is 404 g/mol. The van der Waals surface area contributed by atoms with Crippen molar-refractivity contribution in [3.05, 3.63) is 94.8 Å². The summed E-state index contributed by atoms with van der Waals surface area (Å²) in [5, 5.41) is 11.5. The van der Waals surface area contributed by atoms with Crippen LogP contribution < -0.4 is 9.64 Å². The number of halogens is 1. The predicted octanol–water partition coefficient (Wildman–Crippen LogP) is 4.37. The Morgan fingerprint density at radius 3 is 2.60 bits per heavy atom. The maximum Gasteiger partial charge on any atom is 0.300 e. The summed E-state index contributed by atoms with van der Waals surface area (Å²) in [6, 6.07) is 15.9. The fourth-order valence-electron chi connectivity index (χ4n) is 3.50. The average molecular weight is 421 g/mol. The van der Waals surface area contributed by atoms with Crippen LogP contribution in [-0.2, 0) is 9.59 Å². The number of aromatic nitrogens is 1. The molecule has 0 radical (unpaired) electrons. The standard InChI is InChI=1S/C23H17ClN2O4/c1-30-18-9-2-5-14(11-18)21(27)19-20(15-6-4-10-25-13-15)26(23(29)22(19)28)17-8-3-7-16(24)12-17/h2-13,20,27H,1H3/b21-19+. The van der Waals surface area contributed by atoms with Crippen LogP contribution in [0.3, 0.4) is 0 Å². The Labute approximate surface area is 178 Å². The molecule has 3 aromatic rings. The average Bonchev–Trinajstić information content (AvgIpc) is 3.04. The minimum atomic E-state index is -0.858. The van der Waals surface area contributed by atoms with Gasteiger partial charge in [-0.25, -0.2) is 0 Å². The number of Topliss-reactive ketones (excluding diaryl/α,β-unsaturated/α-hetero) is 1. The van der Waals surface area contributed by atoms with Crippen molar-refractivity contribution in [2.45, 2.75) is 6.04 Å². The Morgan fingerprint density at radius 2 is 1.90 bits per heavy atom. The quantitative estimate of drug-likeness (QED) is 0.385. The summed E-state index contributed by atoms with van der Waals surface area (Å²) < 4.78 is 5.21. The minimum absolute atomic E-state index is 0.0266. The summed E-state index contributed by atoms with van der Waals surface area (Å²) in [5.74, 6) is -1.31. The van der Waals surface area contributed by atoms with Crippen LogP contribution in [-0.4, -0.2) is 28.9 Å². The molecule has 4 rings (SSSR count). The third-order valence-electron chi connectivity index (χ3n) is 4.87. The molecule has 0 bridgehead atoms.